The predicted octanol–water partition coefficient (Wildman–Crippen LogP) is 1.04. The van der Waals surface area contributed by atoms with Crippen LogP contribution < -0.4 is 0 Å². The Balaban J connectivity index is 2.25. The van der Waals surface area contributed by atoms with Crippen molar-refractivity contribution in [3.8, 4) is 0 Å². The summed E-state index contributed by atoms with van der Waals surface area (Å²) in [5.74, 6) is 0.792. The maximum Gasteiger partial charge on any atom is 0.229 e. The molecule has 12 heavy (non-hydrogen) atoms. The molecule has 1 aromatic heterocycles. The second-order valence-corrected chi connectivity index (χ2v) is 4.04. The fourth-order valence-electron chi connectivity index (χ4n) is 0.954. The Labute approximate surface area is 75.2 Å². The number of hydrogen-bond acceptors (Lipinski definition) is 5. The maximum atomic E-state index is 4.04. The molecule has 1 fully saturated rings. The molecule has 0 unspecified atom stereocenters. The van der Waals surface area contributed by atoms with E-state index in [1.807, 2.05) is 6.26 Å². The summed E-state index contributed by atoms with van der Waals surface area (Å²) in [6.07, 6.45) is 4.24. The van der Waals surface area contributed by atoms with Crippen molar-refractivity contribution in [1.29, 1.82) is 0 Å². The molecular formula is C7H10N4S. The number of nitrogens with zero attached hydrogens (tertiary/aromatic N) is 4. The van der Waals surface area contributed by atoms with Crippen molar-refractivity contribution in [2.24, 2.45) is 0 Å². The highest BCUT2D eigenvalue weighted by molar-refractivity contribution is 7.98. The Morgan fingerprint density at radius 1 is 1.17 bits per heavy atom. The van der Waals surface area contributed by atoms with E-state index >= 15 is 0 Å². The molecule has 2 rings (SSSR count). The number of aromatic nitrogens is 4. The van der Waals surface area contributed by atoms with Gasteiger partial charge in [0.2, 0.25) is 5.16 Å². The third-order valence-corrected chi connectivity index (χ3v) is 2.71. The molecule has 64 valence electrons. The lowest BCUT2D eigenvalue weighted by molar-refractivity contribution is 0.609. The van der Waals surface area contributed by atoms with Crippen LogP contribution in [0.2, 0.25) is 0 Å². The molecule has 1 saturated carbocycles. The molecule has 0 N–H and O–H groups in total. The van der Waals surface area contributed by atoms with Crippen molar-refractivity contribution in [3.05, 3.63) is 5.82 Å². The lowest BCUT2D eigenvalue weighted by Gasteiger charge is -2.02. The van der Waals surface area contributed by atoms with E-state index in [0.29, 0.717) is 5.16 Å². The fourth-order valence-corrected chi connectivity index (χ4v) is 1.20. The van der Waals surface area contributed by atoms with Crippen LogP contribution in [0.4, 0.5) is 0 Å². The fraction of sp³-hybridized carbons (Fsp3) is 0.714. The van der Waals surface area contributed by atoms with Crippen molar-refractivity contribution in [2.75, 3.05) is 6.26 Å². The summed E-state index contributed by atoms with van der Waals surface area (Å²) in [5, 5.41) is 16.6. The third-order valence-electron chi connectivity index (χ3n) is 2.18. The maximum absolute atomic E-state index is 4.04. The normalized spacial score (nSPS) is 19.2. The molecule has 0 atom stereocenters. The van der Waals surface area contributed by atoms with Gasteiger partial charge in [-0.25, -0.2) is 0 Å². The minimum atomic E-state index is 0.178. The van der Waals surface area contributed by atoms with Gasteiger partial charge in [0.25, 0.3) is 0 Å². The highest BCUT2D eigenvalue weighted by Crippen LogP contribution is 2.45. The first-order valence-corrected chi connectivity index (χ1v) is 5.09. The zero-order valence-corrected chi connectivity index (χ0v) is 7.93. The first kappa shape index (κ1) is 7.91. The second-order valence-electron chi connectivity index (χ2n) is 3.27. The molecule has 0 aliphatic heterocycles. The molecule has 0 amide bonds. The van der Waals surface area contributed by atoms with E-state index in [0.717, 1.165) is 18.7 Å². The Morgan fingerprint density at radius 2 is 1.75 bits per heavy atom. The van der Waals surface area contributed by atoms with Crippen LogP contribution in [0.5, 0.6) is 0 Å². The molecule has 1 aliphatic carbocycles. The molecule has 0 radical (unpaired) electrons. The summed E-state index contributed by atoms with van der Waals surface area (Å²) < 4.78 is 0. The topological polar surface area (TPSA) is 51.6 Å². The minimum absolute atomic E-state index is 0.178. The van der Waals surface area contributed by atoms with E-state index in [-0.39, 0.29) is 5.41 Å². The van der Waals surface area contributed by atoms with Crippen LogP contribution >= 0.6 is 11.8 Å². The lowest BCUT2D eigenvalue weighted by Crippen LogP contribution is -2.10. The number of thioether (sulfide) groups is 1. The molecule has 0 saturated heterocycles. The lowest BCUT2D eigenvalue weighted by atomic mass is 10.1. The second kappa shape index (κ2) is 2.65. The standard InChI is InChI=1S/C7H10N4S/c1-7(3-4-7)5-8-10-6(12-2)11-9-5/h3-4H2,1-2H3. The first-order valence-electron chi connectivity index (χ1n) is 3.86. The van der Waals surface area contributed by atoms with Crippen LogP contribution in [-0.4, -0.2) is 26.7 Å². The van der Waals surface area contributed by atoms with Gasteiger partial charge in [-0.3, -0.25) is 0 Å². The Morgan fingerprint density at radius 3 is 2.17 bits per heavy atom. The van der Waals surface area contributed by atoms with Crippen LogP contribution in [0.1, 0.15) is 25.6 Å². The van der Waals surface area contributed by atoms with Gasteiger partial charge in [0.05, 0.1) is 0 Å². The molecule has 5 heteroatoms. The summed E-state index contributed by atoms with van der Waals surface area (Å²) in [4.78, 5) is 0. The quantitative estimate of drug-likeness (QED) is 0.640. The van der Waals surface area contributed by atoms with Gasteiger partial charge in [0.15, 0.2) is 5.82 Å². The Kier molecular flexibility index (Phi) is 1.75. The molecule has 0 bridgehead atoms. The zero-order valence-electron chi connectivity index (χ0n) is 7.11. The largest absolute Gasteiger partial charge is 0.229 e. The van der Waals surface area contributed by atoms with Crippen LogP contribution in [0.3, 0.4) is 0 Å². The molecule has 0 spiro atoms. The van der Waals surface area contributed by atoms with Gasteiger partial charge in [-0.1, -0.05) is 18.7 Å². The van der Waals surface area contributed by atoms with Gasteiger partial charge in [0, 0.05) is 5.41 Å². The molecule has 1 aromatic rings. The van der Waals surface area contributed by atoms with Gasteiger partial charge < -0.3 is 0 Å². The van der Waals surface area contributed by atoms with Crippen LogP contribution in [0.25, 0.3) is 0 Å². The SMILES string of the molecule is CSc1nnc(C2(C)CC2)nn1. The van der Waals surface area contributed by atoms with Gasteiger partial charge >= 0.3 is 0 Å². The zero-order chi connectivity index (χ0) is 8.60. The van der Waals surface area contributed by atoms with E-state index in [2.05, 4.69) is 27.3 Å². The van der Waals surface area contributed by atoms with Crippen molar-refractivity contribution < 1.29 is 0 Å². The highest BCUT2D eigenvalue weighted by Gasteiger charge is 2.42. The summed E-state index contributed by atoms with van der Waals surface area (Å²) in [7, 11) is 0. The molecule has 4 nitrogen and oxygen atoms in total. The monoisotopic (exact) mass is 182 g/mol. The van der Waals surface area contributed by atoms with Gasteiger partial charge in [-0.15, -0.1) is 20.4 Å². The summed E-state index contributed by atoms with van der Waals surface area (Å²) in [6, 6.07) is 0. The van der Waals surface area contributed by atoms with Crippen molar-refractivity contribution >= 4 is 11.8 Å². The van der Waals surface area contributed by atoms with E-state index in [1.54, 1.807) is 0 Å². The van der Waals surface area contributed by atoms with E-state index < -0.39 is 0 Å². The van der Waals surface area contributed by atoms with Gasteiger partial charge in [-0.05, 0) is 19.1 Å². The van der Waals surface area contributed by atoms with E-state index in [1.165, 1.54) is 11.8 Å². The van der Waals surface area contributed by atoms with Crippen LogP contribution in [0, 0.1) is 0 Å². The smallest absolute Gasteiger partial charge is 0.130 e. The van der Waals surface area contributed by atoms with E-state index in [9.17, 15) is 0 Å². The summed E-state index contributed by atoms with van der Waals surface area (Å²) in [6.45, 7) is 2.14. The Hall–Kier alpha value is -0.710. The molecule has 1 heterocycles. The van der Waals surface area contributed by atoms with Gasteiger partial charge in [0.1, 0.15) is 0 Å². The first-order chi connectivity index (χ1) is 5.74. The minimum Gasteiger partial charge on any atom is -0.130 e. The predicted molar refractivity (Wildman–Crippen MR) is 46.0 cm³/mol. The number of rotatable bonds is 2. The van der Waals surface area contributed by atoms with Crippen molar-refractivity contribution in [2.45, 2.75) is 30.3 Å². The van der Waals surface area contributed by atoms with Crippen LogP contribution in [0.15, 0.2) is 5.16 Å². The summed E-state index contributed by atoms with van der Waals surface area (Å²) >= 11 is 1.46. The van der Waals surface area contributed by atoms with E-state index in [4.69, 9.17) is 0 Å². The average molecular weight is 182 g/mol. The summed E-state index contributed by atoms with van der Waals surface area (Å²) in [5.41, 5.74) is 0.178. The molecule has 1 aliphatic rings. The van der Waals surface area contributed by atoms with Crippen molar-refractivity contribution in [3.63, 3.8) is 0 Å². The Bertz CT molecular complexity index is 280. The van der Waals surface area contributed by atoms with Crippen LogP contribution in [-0.2, 0) is 5.41 Å². The number of hydrogen-bond donors (Lipinski definition) is 0. The van der Waals surface area contributed by atoms with Crippen molar-refractivity contribution in [1.82, 2.24) is 20.4 Å². The third kappa shape index (κ3) is 1.29. The molecule has 0 aromatic carbocycles. The molecular weight excluding hydrogens is 172 g/mol. The van der Waals surface area contributed by atoms with Gasteiger partial charge in [-0.2, -0.15) is 0 Å². The average Bonchev–Trinajstić information content (AvgIpc) is 2.85. The highest BCUT2D eigenvalue weighted by atomic mass is 32.2.